The van der Waals surface area contributed by atoms with Crippen LogP contribution >= 0.6 is 11.3 Å². The van der Waals surface area contributed by atoms with Crippen molar-refractivity contribution in [2.75, 3.05) is 12.4 Å². The minimum atomic E-state index is -0.0949. The number of aromatic nitrogens is 5. The number of nitrogens with zero attached hydrogens (tertiary/aromatic N) is 6. The Morgan fingerprint density at radius 3 is 2.62 bits per heavy atom. The van der Waals surface area contributed by atoms with Gasteiger partial charge in [-0.1, -0.05) is 11.3 Å². The molecular formula is C25H23N7OS. The zero-order valence-corrected chi connectivity index (χ0v) is 19.6. The van der Waals surface area contributed by atoms with E-state index in [1.165, 1.54) is 6.29 Å². The van der Waals surface area contributed by atoms with Gasteiger partial charge < -0.3 is 10.1 Å². The Morgan fingerprint density at radius 2 is 1.91 bits per heavy atom. The third-order valence-electron chi connectivity index (χ3n) is 7.73. The molecule has 4 aromatic rings. The number of rotatable bonds is 5. The zero-order chi connectivity index (χ0) is 23.3. The summed E-state index contributed by atoms with van der Waals surface area (Å²) in [4.78, 5) is 16.3. The fraction of sp³-hybridized carbons (Fsp3) is 0.360. The Morgan fingerprint density at radius 1 is 1.12 bits per heavy atom. The topological polar surface area (TPSA) is 109 Å². The first-order valence-electron chi connectivity index (χ1n) is 11.5. The molecule has 0 radical (unpaired) electrons. The molecule has 0 aromatic carbocycles. The van der Waals surface area contributed by atoms with E-state index >= 15 is 0 Å². The van der Waals surface area contributed by atoms with Crippen molar-refractivity contribution < 1.29 is 4.79 Å². The van der Waals surface area contributed by atoms with Crippen LogP contribution in [0.25, 0.3) is 27.5 Å². The fourth-order valence-electron chi connectivity index (χ4n) is 5.49. The van der Waals surface area contributed by atoms with Crippen LogP contribution in [0, 0.1) is 16.7 Å². The summed E-state index contributed by atoms with van der Waals surface area (Å²) in [6, 6.07) is 9.82. The lowest BCUT2D eigenvalue weighted by molar-refractivity contribution is -0.122. The number of carbonyl (C=O) groups is 1. The average molecular weight is 470 g/mol. The Labute approximate surface area is 200 Å². The molecule has 3 aliphatic carbocycles. The molecule has 3 fully saturated rings. The number of anilines is 1. The van der Waals surface area contributed by atoms with E-state index < -0.39 is 0 Å². The van der Waals surface area contributed by atoms with Gasteiger partial charge in [0.25, 0.3) is 0 Å². The minimum Gasteiger partial charge on any atom is -0.387 e. The van der Waals surface area contributed by atoms with Crippen molar-refractivity contribution in [1.29, 1.82) is 5.26 Å². The van der Waals surface area contributed by atoms with Crippen LogP contribution in [0.4, 0.5) is 5.69 Å². The summed E-state index contributed by atoms with van der Waals surface area (Å²) in [5.41, 5.74) is 4.80. The van der Waals surface area contributed by atoms with Gasteiger partial charge in [-0.25, -0.2) is 4.52 Å². The molecule has 0 saturated heterocycles. The lowest BCUT2D eigenvalue weighted by atomic mass is 9.54. The first-order valence-corrected chi connectivity index (χ1v) is 12.3. The second kappa shape index (κ2) is 7.71. The Hall–Kier alpha value is -3.64. The maximum atomic E-state index is 11.6. The van der Waals surface area contributed by atoms with E-state index in [0.717, 1.165) is 76.7 Å². The summed E-state index contributed by atoms with van der Waals surface area (Å²) in [6.45, 7) is 0. The van der Waals surface area contributed by atoms with Crippen LogP contribution < -0.4 is 5.32 Å². The molecule has 0 atom stereocenters. The third-order valence-corrected chi connectivity index (χ3v) is 8.93. The third kappa shape index (κ3) is 3.13. The molecule has 2 bridgehead atoms. The van der Waals surface area contributed by atoms with E-state index in [0.29, 0.717) is 5.56 Å². The molecule has 3 aliphatic rings. The smallest absolute Gasteiger partial charge is 0.151 e. The molecule has 4 aromatic heterocycles. The molecular weight excluding hydrogens is 446 g/mol. The molecule has 8 nitrogen and oxygen atoms in total. The summed E-state index contributed by atoms with van der Waals surface area (Å²) in [7, 11) is 1.89. The molecule has 0 amide bonds. The van der Waals surface area contributed by atoms with E-state index in [2.05, 4.69) is 26.7 Å². The van der Waals surface area contributed by atoms with Gasteiger partial charge in [-0.15, -0.1) is 10.2 Å². The van der Waals surface area contributed by atoms with Crippen molar-refractivity contribution in [2.24, 2.45) is 5.41 Å². The average Bonchev–Trinajstić information content (AvgIpc) is 3.57. The molecule has 0 aliphatic heterocycles. The second-order valence-electron chi connectivity index (χ2n) is 9.45. The zero-order valence-electron chi connectivity index (χ0n) is 18.8. The molecule has 0 unspecified atom stereocenters. The predicted octanol–water partition coefficient (Wildman–Crippen LogP) is 4.62. The van der Waals surface area contributed by atoms with Gasteiger partial charge in [0.1, 0.15) is 17.4 Å². The van der Waals surface area contributed by atoms with Gasteiger partial charge in [-0.05, 0) is 62.8 Å². The van der Waals surface area contributed by atoms with Crippen molar-refractivity contribution in [1.82, 2.24) is 24.8 Å². The first-order chi connectivity index (χ1) is 16.6. The van der Waals surface area contributed by atoms with Crippen molar-refractivity contribution in [3.8, 4) is 28.0 Å². The molecule has 9 heteroatoms. The Kier molecular flexibility index (Phi) is 4.74. The SMILES string of the molecule is CNc1cc(-c2ccc3cc(C#N)cnn23)ncc1-c1nnc(C23CCC(C=O)(CC2)CC3)s1. The minimum absolute atomic E-state index is 0.0621. The van der Waals surface area contributed by atoms with E-state index in [1.54, 1.807) is 22.0 Å². The quantitative estimate of drug-likeness (QED) is 0.425. The van der Waals surface area contributed by atoms with Gasteiger partial charge in [-0.2, -0.15) is 10.4 Å². The molecule has 170 valence electrons. The van der Waals surface area contributed by atoms with Crippen LogP contribution in [0.1, 0.15) is 49.1 Å². The van der Waals surface area contributed by atoms with Crippen LogP contribution in [0.2, 0.25) is 0 Å². The lowest BCUT2D eigenvalue weighted by Crippen LogP contribution is -2.44. The fourth-order valence-corrected chi connectivity index (χ4v) is 6.63. The molecule has 4 heterocycles. The highest BCUT2D eigenvalue weighted by molar-refractivity contribution is 7.14. The number of fused-ring (bicyclic) bond motifs is 4. The normalized spacial score (nSPS) is 23.6. The summed E-state index contributed by atoms with van der Waals surface area (Å²) >= 11 is 1.65. The van der Waals surface area contributed by atoms with Crippen LogP contribution in [0.5, 0.6) is 0 Å². The van der Waals surface area contributed by atoms with Crippen molar-refractivity contribution >= 4 is 28.8 Å². The highest BCUT2D eigenvalue weighted by atomic mass is 32.1. The van der Waals surface area contributed by atoms with Gasteiger partial charge in [-0.3, -0.25) is 4.98 Å². The monoisotopic (exact) mass is 469 g/mol. The van der Waals surface area contributed by atoms with Crippen molar-refractivity contribution in [3.05, 3.63) is 47.2 Å². The molecule has 1 N–H and O–H groups in total. The van der Waals surface area contributed by atoms with Gasteiger partial charge in [0, 0.05) is 29.8 Å². The standard InChI is InChI=1S/C25H23N7OS/c1-27-19-11-20(21-3-2-17-10-16(12-26)13-29-32(17)21)28-14-18(19)22-30-31-23(34-22)25-7-4-24(15-33,5-8-25)6-9-25/h2-3,10-11,13-15H,4-9H2,1H3,(H,27,28). The van der Waals surface area contributed by atoms with Gasteiger partial charge in [0.05, 0.1) is 34.2 Å². The van der Waals surface area contributed by atoms with E-state index in [4.69, 9.17) is 10.2 Å². The highest BCUT2D eigenvalue weighted by Crippen LogP contribution is 2.57. The first kappa shape index (κ1) is 20.9. The molecule has 3 saturated carbocycles. The van der Waals surface area contributed by atoms with Crippen LogP contribution in [-0.4, -0.2) is 38.1 Å². The number of aldehydes is 1. The second-order valence-corrected chi connectivity index (χ2v) is 10.4. The number of hydrogen-bond acceptors (Lipinski definition) is 8. The number of pyridine rings is 1. The number of carbonyl (C=O) groups excluding carboxylic acids is 1. The van der Waals surface area contributed by atoms with Gasteiger partial charge in [0.15, 0.2) is 5.01 Å². The van der Waals surface area contributed by atoms with Crippen molar-refractivity contribution in [3.63, 3.8) is 0 Å². The number of nitriles is 1. The highest BCUT2D eigenvalue weighted by Gasteiger charge is 2.51. The summed E-state index contributed by atoms with van der Waals surface area (Å²) in [5.74, 6) is 0. The predicted molar refractivity (Wildman–Crippen MR) is 129 cm³/mol. The van der Waals surface area contributed by atoms with E-state index in [1.807, 2.05) is 37.5 Å². The maximum Gasteiger partial charge on any atom is 0.151 e. The van der Waals surface area contributed by atoms with Gasteiger partial charge in [0.2, 0.25) is 0 Å². The largest absolute Gasteiger partial charge is 0.387 e. The summed E-state index contributed by atoms with van der Waals surface area (Å²) in [6.07, 6.45) is 10.5. The Bertz CT molecular complexity index is 1440. The molecule has 34 heavy (non-hydrogen) atoms. The Balaban J connectivity index is 1.33. The van der Waals surface area contributed by atoms with E-state index in [9.17, 15) is 4.79 Å². The number of nitrogens with one attached hydrogen (secondary N) is 1. The molecule has 0 spiro atoms. The lowest BCUT2D eigenvalue weighted by Gasteiger charge is -2.49. The van der Waals surface area contributed by atoms with Crippen LogP contribution in [0.15, 0.2) is 36.7 Å². The summed E-state index contributed by atoms with van der Waals surface area (Å²) < 4.78 is 1.79. The van der Waals surface area contributed by atoms with Crippen LogP contribution in [-0.2, 0) is 10.2 Å². The van der Waals surface area contributed by atoms with Crippen molar-refractivity contribution in [2.45, 2.75) is 43.9 Å². The van der Waals surface area contributed by atoms with Crippen LogP contribution in [0.3, 0.4) is 0 Å². The van der Waals surface area contributed by atoms with Gasteiger partial charge >= 0.3 is 0 Å². The molecule has 7 rings (SSSR count). The summed E-state index contributed by atoms with van der Waals surface area (Å²) in [5, 5.41) is 27.9. The number of hydrogen-bond donors (Lipinski definition) is 1. The van der Waals surface area contributed by atoms with E-state index in [-0.39, 0.29) is 10.8 Å². The maximum absolute atomic E-state index is 11.6.